The number of aliphatic carboxylic acids is 1. The van der Waals surface area contributed by atoms with Crippen molar-refractivity contribution in [3.8, 4) is 0 Å². The van der Waals surface area contributed by atoms with Gasteiger partial charge in [-0.05, 0) is 44.7 Å². The van der Waals surface area contributed by atoms with E-state index in [1.807, 2.05) is 6.92 Å². The zero-order valence-corrected chi connectivity index (χ0v) is 11.5. The first-order valence-corrected chi connectivity index (χ1v) is 6.29. The minimum absolute atomic E-state index is 0.344. The maximum atomic E-state index is 11.5. The lowest BCUT2D eigenvalue weighted by atomic mass is 9.80. The van der Waals surface area contributed by atoms with Crippen molar-refractivity contribution in [2.45, 2.75) is 45.6 Å². The molecule has 1 atom stereocenters. The molecule has 4 nitrogen and oxygen atoms in total. The lowest BCUT2D eigenvalue weighted by Gasteiger charge is -2.44. The number of hydrogen-bond donors (Lipinski definition) is 1. The first-order valence-electron chi connectivity index (χ1n) is 6.29. The molecule has 0 bridgehead atoms. The van der Waals surface area contributed by atoms with Crippen LogP contribution >= 0.6 is 0 Å². The molecule has 0 amide bonds. The van der Waals surface area contributed by atoms with Crippen molar-refractivity contribution in [1.29, 1.82) is 0 Å². The molecule has 1 aliphatic rings. The van der Waals surface area contributed by atoms with Crippen molar-refractivity contribution >= 4 is 5.97 Å². The molecule has 0 aromatic rings. The predicted octanol–water partition coefficient (Wildman–Crippen LogP) is 1.99. The number of ether oxygens (including phenoxy) is 1. The number of rotatable bonds is 5. The maximum Gasteiger partial charge on any atom is 0.323 e. The molecular weight excluding hydrogens is 218 g/mol. The molecule has 17 heavy (non-hydrogen) atoms. The van der Waals surface area contributed by atoms with Crippen molar-refractivity contribution in [1.82, 2.24) is 4.90 Å². The smallest absolute Gasteiger partial charge is 0.323 e. The van der Waals surface area contributed by atoms with Gasteiger partial charge >= 0.3 is 5.97 Å². The summed E-state index contributed by atoms with van der Waals surface area (Å²) in [7, 11) is 1.61. The summed E-state index contributed by atoms with van der Waals surface area (Å²) in [5.41, 5.74) is -0.441. The van der Waals surface area contributed by atoms with E-state index in [0.717, 1.165) is 25.9 Å². The molecule has 0 aromatic heterocycles. The standard InChI is InChI=1S/C13H25NO3/c1-12(2)5-8-14(9-6-12)13(3,11(15)16)7-10-17-4/h5-10H2,1-4H3,(H,15,16). The van der Waals surface area contributed by atoms with E-state index >= 15 is 0 Å². The van der Waals surface area contributed by atoms with Gasteiger partial charge in [0, 0.05) is 13.7 Å². The van der Waals surface area contributed by atoms with Crippen LogP contribution in [0.15, 0.2) is 0 Å². The van der Waals surface area contributed by atoms with E-state index in [0.29, 0.717) is 18.4 Å². The average molecular weight is 243 g/mol. The summed E-state index contributed by atoms with van der Waals surface area (Å²) in [5.74, 6) is -0.741. The highest BCUT2D eigenvalue weighted by Gasteiger charge is 2.41. The van der Waals surface area contributed by atoms with E-state index in [1.54, 1.807) is 7.11 Å². The van der Waals surface area contributed by atoms with Crippen molar-refractivity contribution in [3.05, 3.63) is 0 Å². The fraction of sp³-hybridized carbons (Fsp3) is 0.923. The van der Waals surface area contributed by atoms with Gasteiger partial charge < -0.3 is 9.84 Å². The Labute approximate surface area is 104 Å². The summed E-state index contributed by atoms with van der Waals surface area (Å²) in [6.45, 7) is 8.52. The molecule has 0 radical (unpaired) electrons. The summed E-state index contributed by atoms with van der Waals surface area (Å²) in [4.78, 5) is 13.6. The molecule has 100 valence electrons. The fourth-order valence-corrected chi connectivity index (χ4v) is 2.31. The Hall–Kier alpha value is -0.610. The largest absolute Gasteiger partial charge is 0.480 e. The molecule has 0 aromatic carbocycles. The third-order valence-corrected chi connectivity index (χ3v) is 4.07. The normalized spacial score (nSPS) is 24.2. The Morgan fingerprint density at radius 2 is 1.94 bits per heavy atom. The van der Waals surface area contributed by atoms with Crippen molar-refractivity contribution in [2.75, 3.05) is 26.8 Å². The number of methoxy groups -OCH3 is 1. The fourth-order valence-electron chi connectivity index (χ4n) is 2.31. The third kappa shape index (κ3) is 3.42. The zero-order chi connectivity index (χ0) is 13.1. The summed E-state index contributed by atoms with van der Waals surface area (Å²) in [5, 5.41) is 9.44. The molecule has 1 rings (SSSR count). The van der Waals surface area contributed by atoms with Crippen LogP contribution in [-0.2, 0) is 9.53 Å². The predicted molar refractivity (Wildman–Crippen MR) is 67.1 cm³/mol. The van der Waals surface area contributed by atoms with Crippen LogP contribution in [-0.4, -0.2) is 48.3 Å². The number of piperidine rings is 1. The van der Waals surface area contributed by atoms with E-state index in [1.165, 1.54) is 0 Å². The number of likely N-dealkylation sites (tertiary alicyclic amines) is 1. The van der Waals surface area contributed by atoms with Gasteiger partial charge in [-0.2, -0.15) is 0 Å². The van der Waals surface area contributed by atoms with E-state index in [2.05, 4.69) is 18.7 Å². The van der Waals surface area contributed by atoms with E-state index in [-0.39, 0.29) is 0 Å². The molecule has 0 spiro atoms. The Morgan fingerprint density at radius 3 is 2.35 bits per heavy atom. The van der Waals surface area contributed by atoms with Gasteiger partial charge in [-0.25, -0.2) is 0 Å². The highest BCUT2D eigenvalue weighted by molar-refractivity contribution is 5.78. The van der Waals surface area contributed by atoms with E-state index < -0.39 is 11.5 Å². The molecule has 1 fully saturated rings. The van der Waals surface area contributed by atoms with Crippen LogP contribution < -0.4 is 0 Å². The van der Waals surface area contributed by atoms with Gasteiger partial charge in [0.15, 0.2) is 0 Å². The lowest BCUT2D eigenvalue weighted by Crippen LogP contribution is -2.56. The lowest BCUT2D eigenvalue weighted by molar-refractivity contribution is -0.153. The Balaban J connectivity index is 2.69. The van der Waals surface area contributed by atoms with Crippen molar-refractivity contribution in [3.63, 3.8) is 0 Å². The third-order valence-electron chi connectivity index (χ3n) is 4.07. The monoisotopic (exact) mass is 243 g/mol. The van der Waals surface area contributed by atoms with Crippen LogP contribution in [0.3, 0.4) is 0 Å². The number of carbonyl (C=O) groups is 1. The summed E-state index contributed by atoms with van der Waals surface area (Å²) < 4.78 is 5.03. The van der Waals surface area contributed by atoms with Gasteiger partial charge in [-0.1, -0.05) is 13.8 Å². The van der Waals surface area contributed by atoms with Gasteiger partial charge in [0.05, 0.1) is 0 Å². The van der Waals surface area contributed by atoms with Gasteiger partial charge in [0.2, 0.25) is 0 Å². The van der Waals surface area contributed by atoms with Crippen LogP contribution in [0.5, 0.6) is 0 Å². The second kappa shape index (κ2) is 5.36. The summed E-state index contributed by atoms with van der Waals surface area (Å²) in [6.07, 6.45) is 2.66. The highest BCUT2D eigenvalue weighted by atomic mass is 16.5. The minimum atomic E-state index is -0.785. The Kier molecular flexibility index (Phi) is 4.55. The van der Waals surface area contributed by atoms with Gasteiger partial charge in [0.1, 0.15) is 5.54 Å². The zero-order valence-electron chi connectivity index (χ0n) is 11.5. The number of carboxylic acid groups (broad SMARTS) is 1. The van der Waals surface area contributed by atoms with Crippen LogP contribution in [0.25, 0.3) is 0 Å². The van der Waals surface area contributed by atoms with E-state index in [9.17, 15) is 9.90 Å². The second-order valence-electron chi connectivity index (χ2n) is 5.97. The molecule has 1 unspecified atom stereocenters. The highest BCUT2D eigenvalue weighted by Crippen LogP contribution is 2.34. The van der Waals surface area contributed by atoms with Crippen LogP contribution in [0, 0.1) is 5.41 Å². The Morgan fingerprint density at radius 1 is 1.41 bits per heavy atom. The number of hydrogen-bond acceptors (Lipinski definition) is 3. The quantitative estimate of drug-likeness (QED) is 0.802. The van der Waals surface area contributed by atoms with Crippen molar-refractivity contribution < 1.29 is 14.6 Å². The molecule has 0 aliphatic carbocycles. The second-order valence-corrected chi connectivity index (χ2v) is 5.97. The number of nitrogens with zero attached hydrogens (tertiary/aromatic N) is 1. The molecular formula is C13H25NO3. The molecule has 0 saturated carbocycles. The van der Waals surface area contributed by atoms with Gasteiger partial charge in [0.25, 0.3) is 0 Å². The average Bonchev–Trinajstić information content (AvgIpc) is 2.25. The SMILES string of the molecule is COCCC(C)(C(=O)O)N1CCC(C)(C)CC1. The van der Waals surface area contributed by atoms with Crippen molar-refractivity contribution in [2.24, 2.45) is 5.41 Å². The van der Waals surface area contributed by atoms with Gasteiger partial charge in [-0.15, -0.1) is 0 Å². The summed E-state index contributed by atoms with van der Waals surface area (Å²) >= 11 is 0. The molecule has 1 aliphatic heterocycles. The first kappa shape index (κ1) is 14.5. The molecule has 4 heteroatoms. The molecule has 1 heterocycles. The van der Waals surface area contributed by atoms with Crippen LogP contribution in [0.4, 0.5) is 0 Å². The molecule has 1 N–H and O–H groups in total. The minimum Gasteiger partial charge on any atom is -0.480 e. The Bertz CT molecular complexity index is 268. The summed E-state index contributed by atoms with van der Waals surface area (Å²) in [6, 6.07) is 0. The number of carboxylic acids is 1. The van der Waals surface area contributed by atoms with Gasteiger partial charge in [-0.3, -0.25) is 9.69 Å². The van der Waals surface area contributed by atoms with Crippen LogP contribution in [0.2, 0.25) is 0 Å². The maximum absolute atomic E-state index is 11.5. The topological polar surface area (TPSA) is 49.8 Å². The van der Waals surface area contributed by atoms with Crippen LogP contribution in [0.1, 0.15) is 40.0 Å². The van der Waals surface area contributed by atoms with E-state index in [4.69, 9.17) is 4.74 Å². The first-order chi connectivity index (χ1) is 7.82. The molecule has 1 saturated heterocycles.